The maximum Gasteiger partial charge on any atom is 0.271 e. The van der Waals surface area contributed by atoms with E-state index in [0.717, 1.165) is 35.4 Å². The molecule has 2 aromatic carbocycles. The number of aromatic nitrogens is 3. The lowest BCUT2D eigenvalue weighted by Gasteiger charge is -2.29. The lowest BCUT2D eigenvalue weighted by molar-refractivity contribution is 0.0888. The Kier molecular flexibility index (Phi) is 8.14. The first-order valence-corrected chi connectivity index (χ1v) is 14.4. The summed E-state index contributed by atoms with van der Waals surface area (Å²) in [6.45, 7) is 1.95. The molecule has 1 fully saturated rings. The number of nitrogens with zero attached hydrogens (tertiary/aromatic N) is 3. The Hall–Kier alpha value is -5.38. The molecule has 0 radical (unpaired) electrons. The number of hydrogen-bond donors (Lipinski definition) is 2. The normalized spacial score (nSPS) is 16.3. The van der Waals surface area contributed by atoms with E-state index in [1.165, 1.54) is 0 Å². The van der Waals surface area contributed by atoms with Crippen LogP contribution >= 0.6 is 0 Å². The molecule has 1 aliphatic rings. The zero-order chi connectivity index (χ0) is 30.6. The summed E-state index contributed by atoms with van der Waals surface area (Å²) in [6.07, 6.45) is 6.15. The summed E-state index contributed by atoms with van der Waals surface area (Å²) < 4.78 is 22.1. The molecule has 3 aromatic heterocycles. The van der Waals surface area contributed by atoms with Gasteiger partial charge >= 0.3 is 0 Å². The van der Waals surface area contributed by atoms with Crippen molar-refractivity contribution in [2.45, 2.75) is 44.7 Å². The Morgan fingerprint density at radius 2 is 1.59 bits per heavy atom. The number of carbonyl (C=O) groups is 3. The Morgan fingerprint density at radius 3 is 2.32 bits per heavy atom. The maximum absolute atomic E-state index is 14.2. The Bertz CT molecular complexity index is 1860. The van der Waals surface area contributed by atoms with Crippen molar-refractivity contribution in [1.29, 1.82) is 0 Å². The van der Waals surface area contributed by atoms with Gasteiger partial charge < -0.3 is 19.8 Å². The highest BCUT2D eigenvalue weighted by Crippen LogP contribution is 2.29. The van der Waals surface area contributed by atoms with Crippen LogP contribution in [0.25, 0.3) is 16.8 Å². The van der Waals surface area contributed by atoms with Crippen molar-refractivity contribution in [3.05, 3.63) is 114 Å². The second kappa shape index (κ2) is 12.5. The molecule has 222 valence electrons. The molecule has 9 nitrogen and oxygen atoms in total. The van der Waals surface area contributed by atoms with Crippen LogP contribution in [-0.4, -0.2) is 44.6 Å². The average molecular weight is 592 g/mol. The molecule has 0 unspecified atom stereocenters. The second-order valence-electron chi connectivity index (χ2n) is 10.9. The van der Waals surface area contributed by atoms with Crippen LogP contribution in [0.1, 0.15) is 62.6 Å². The molecule has 44 heavy (non-hydrogen) atoms. The lowest BCUT2D eigenvalue weighted by atomic mass is 9.91. The van der Waals surface area contributed by atoms with Crippen molar-refractivity contribution in [3.8, 4) is 22.8 Å². The van der Waals surface area contributed by atoms with Gasteiger partial charge in [-0.1, -0.05) is 36.4 Å². The summed E-state index contributed by atoms with van der Waals surface area (Å²) in [4.78, 5) is 45.8. The molecular formula is C34H30FN5O4. The fourth-order valence-electron chi connectivity index (χ4n) is 5.48. The Morgan fingerprint density at radius 1 is 0.909 bits per heavy atom. The van der Waals surface area contributed by atoms with Gasteiger partial charge in [0.15, 0.2) is 0 Å². The summed E-state index contributed by atoms with van der Waals surface area (Å²) in [6, 6.07) is 20.9. The van der Waals surface area contributed by atoms with E-state index >= 15 is 0 Å². The highest BCUT2D eigenvalue weighted by Gasteiger charge is 2.26. The number of imidazole rings is 1. The van der Waals surface area contributed by atoms with Crippen LogP contribution in [0.2, 0.25) is 0 Å². The first-order chi connectivity index (χ1) is 21.4. The van der Waals surface area contributed by atoms with E-state index in [0.29, 0.717) is 48.3 Å². The minimum absolute atomic E-state index is 0.0177. The van der Waals surface area contributed by atoms with Crippen molar-refractivity contribution in [1.82, 2.24) is 25.0 Å². The van der Waals surface area contributed by atoms with Crippen molar-refractivity contribution in [2.24, 2.45) is 0 Å². The molecule has 10 heteroatoms. The van der Waals surface area contributed by atoms with Crippen LogP contribution in [0.5, 0.6) is 11.6 Å². The number of aryl methyl sites for hydroxylation is 1. The molecule has 6 rings (SSSR count). The largest absolute Gasteiger partial charge is 0.438 e. The number of amides is 2. The Labute approximate surface area is 253 Å². The van der Waals surface area contributed by atoms with Gasteiger partial charge in [-0.3, -0.25) is 14.4 Å². The molecule has 2 amide bonds. The number of benzene rings is 2. The van der Waals surface area contributed by atoms with Gasteiger partial charge in [0.25, 0.3) is 11.8 Å². The van der Waals surface area contributed by atoms with Crippen LogP contribution in [0, 0.1) is 12.7 Å². The van der Waals surface area contributed by atoms with Gasteiger partial charge in [0.2, 0.25) is 5.88 Å². The number of fused-ring (bicyclic) bond motifs is 1. The number of nitrogens with one attached hydrogen (secondary N) is 2. The monoisotopic (exact) mass is 591 g/mol. The summed E-state index contributed by atoms with van der Waals surface area (Å²) in [5.74, 6) is -0.992. The molecular weight excluding hydrogens is 561 g/mol. The number of pyridine rings is 2. The van der Waals surface area contributed by atoms with E-state index in [2.05, 4.69) is 20.6 Å². The van der Waals surface area contributed by atoms with E-state index in [1.54, 1.807) is 42.6 Å². The van der Waals surface area contributed by atoms with Gasteiger partial charge in [0.05, 0.1) is 6.20 Å². The fourth-order valence-corrected chi connectivity index (χ4v) is 5.48. The van der Waals surface area contributed by atoms with Crippen molar-refractivity contribution in [2.75, 3.05) is 0 Å². The van der Waals surface area contributed by atoms with Gasteiger partial charge in [-0.25, -0.2) is 14.4 Å². The summed E-state index contributed by atoms with van der Waals surface area (Å²) in [5.41, 5.74) is 4.23. The van der Waals surface area contributed by atoms with E-state index < -0.39 is 11.7 Å². The van der Waals surface area contributed by atoms with Crippen molar-refractivity contribution in [3.63, 3.8) is 0 Å². The van der Waals surface area contributed by atoms with E-state index in [4.69, 9.17) is 4.74 Å². The van der Waals surface area contributed by atoms with Crippen LogP contribution in [0.4, 0.5) is 4.39 Å². The molecule has 0 atom stereocenters. The summed E-state index contributed by atoms with van der Waals surface area (Å²) >= 11 is 0. The molecule has 3 heterocycles. The Balaban J connectivity index is 1.08. The predicted octanol–water partition coefficient (Wildman–Crippen LogP) is 5.92. The van der Waals surface area contributed by atoms with Crippen LogP contribution in [0.15, 0.2) is 85.2 Å². The zero-order valence-electron chi connectivity index (χ0n) is 24.0. The van der Waals surface area contributed by atoms with Crippen LogP contribution < -0.4 is 15.4 Å². The third-order valence-corrected chi connectivity index (χ3v) is 7.79. The lowest BCUT2D eigenvalue weighted by Crippen LogP contribution is -2.44. The molecule has 1 aliphatic carbocycles. The zero-order valence-corrected chi connectivity index (χ0v) is 24.0. The standard InChI is InChI=1S/C34H30FN5O4/c1-21-5-2-10-31-39-30(19-40(21)31)33(43)38-27-13-11-26(12-14-27)37-32(42)29-17-25(35)18-36-34(29)44-28-9-4-8-24(16-28)23-7-3-6-22(15-23)20-41/h2-10,15-20,26-27H,11-14H2,1H3,(H,37,42)(H,38,43)/t26-,27-. The number of halogens is 1. The molecule has 0 bridgehead atoms. The maximum atomic E-state index is 14.2. The summed E-state index contributed by atoms with van der Waals surface area (Å²) in [5, 5.41) is 6.04. The van der Waals surface area contributed by atoms with Gasteiger partial charge in [0.1, 0.15) is 34.8 Å². The number of aldehydes is 1. The quantitative estimate of drug-likeness (QED) is 0.217. The van der Waals surface area contributed by atoms with Crippen LogP contribution in [0.3, 0.4) is 0 Å². The molecule has 1 saturated carbocycles. The van der Waals surface area contributed by atoms with Crippen molar-refractivity contribution >= 4 is 23.7 Å². The molecule has 5 aromatic rings. The topological polar surface area (TPSA) is 115 Å². The highest BCUT2D eigenvalue weighted by atomic mass is 19.1. The number of ether oxygens (including phenoxy) is 1. The molecule has 0 aliphatic heterocycles. The number of rotatable bonds is 8. The van der Waals surface area contributed by atoms with Gasteiger partial charge in [-0.15, -0.1) is 0 Å². The van der Waals surface area contributed by atoms with Crippen molar-refractivity contribution < 1.29 is 23.5 Å². The average Bonchev–Trinajstić information content (AvgIpc) is 3.49. The third kappa shape index (κ3) is 6.34. The van der Waals surface area contributed by atoms with E-state index in [-0.39, 0.29) is 29.4 Å². The highest BCUT2D eigenvalue weighted by molar-refractivity contribution is 5.96. The molecule has 2 N–H and O–H groups in total. The number of carbonyl (C=O) groups excluding carboxylic acids is 3. The summed E-state index contributed by atoms with van der Waals surface area (Å²) in [7, 11) is 0. The fraction of sp³-hybridized carbons (Fsp3) is 0.206. The first kappa shape index (κ1) is 28.7. The molecule has 0 saturated heterocycles. The SMILES string of the molecule is Cc1cccc2nc(C(=O)N[C@H]3CC[C@H](NC(=O)c4cc(F)cnc4Oc4cccc(-c5cccc(C=O)c5)c4)CC3)cn12. The van der Waals surface area contributed by atoms with E-state index in [1.807, 2.05) is 41.7 Å². The van der Waals surface area contributed by atoms with Gasteiger partial charge in [0, 0.05) is 29.5 Å². The minimum Gasteiger partial charge on any atom is -0.438 e. The smallest absolute Gasteiger partial charge is 0.271 e. The minimum atomic E-state index is -0.657. The van der Waals surface area contributed by atoms with Gasteiger partial charge in [-0.2, -0.15) is 0 Å². The van der Waals surface area contributed by atoms with Crippen LogP contribution in [-0.2, 0) is 0 Å². The van der Waals surface area contributed by atoms with Gasteiger partial charge in [-0.05, 0) is 80.1 Å². The third-order valence-electron chi connectivity index (χ3n) is 7.79. The van der Waals surface area contributed by atoms with E-state index in [9.17, 15) is 18.8 Å². The number of hydrogen-bond acceptors (Lipinski definition) is 6. The molecule has 0 spiro atoms. The first-order valence-electron chi connectivity index (χ1n) is 14.4. The predicted molar refractivity (Wildman–Crippen MR) is 162 cm³/mol. The second-order valence-corrected chi connectivity index (χ2v) is 10.9.